The van der Waals surface area contributed by atoms with Crippen LogP contribution in [0.5, 0.6) is 0 Å². The van der Waals surface area contributed by atoms with Crippen LogP contribution in [-0.4, -0.2) is 48.6 Å². The van der Waals surface area contributed by atoms with Crippen LogP contribution in [0.1, 0.15) is 38.2 Å². The van der Waals surface area contributed by atoms with Gasteiger partial charge < -0.3 is 15.1 Å². The number of pyridine rings is 1. The van der Waals surface area contributed by atoms with Crippen LogP contribution in [0, 0.1) is 6.92 Å². The maximum absolute atomic E-state index is 12.2. The fourth-order valence-electron chi connectivity index (χ4n) is 2.86. The maximum atomic E-state index is 12.2. The second-order valence-electron chi connectivity index (χ2n) is 5.93. The van der Waals surface area contributed by atoms with Crippen molar-refractivity contribution in [3.8, 4) is 0 Å². The van der Waals surface area contributed by atoms with Crippen molar-refractivity contribution in [1.29, 1.82) is 0 Å². The number of nitrogens with one attached hydrogen (secondary N) is 1. The fraction of sp³-hybridized carbons (Fsp3) is 0.647. The Balaban J connectivity index is 1.84. The zero-order valence-corrected chi connectivity index (χ0v) is 13.8. The van der Waals surface area contributed by atoms with E-state index >= 15 is 0 Å². The minimum absolute atomic E-state index is 0.0874. The summed E-state index contributed by atoms with van der Waals surface area (Å²) in [7, 11) is 0. The monoisotopic (exact) mass is 304 g/mol. The van der Waals surface area contributed by atoms with E-state index in [1.165, 1.54) is 24.1 Å². The average molecular weight is 304 g/mol. The molecule has 1 aliphatic rings. The Morgan fingerprint density at radius 1 is 1.27 bits per heavy atom. The van der Waals surface area contributed by atoms with Crippen molar-refractivity contribution in [2.75, 3.05) is 37.6 Å². The molecule has 0 unspecified atom stereocenters. The van der Waals surface area contributed by atoms with Gasteiger partial charge in [-0.15, -0.1) is 0 Å². The number of rotatable bonds is 5. The summed E-state index contributed by atoms with van der Waals surface area (Å²) in [6, 6.07) is 2.15. The molecule has 1 N–H and O–H groups in total. The van der Waals surface area contributed by atoms with E-state index < -0.39 is 0 Å². The first-order chi connectivity index (χ1) is 10.7. The summed E-state index contributed by atoms with van der Waals surface area (Å²) in [6.45, 7) is 8.54. The topological polar surface area (TPSA) is 48.5 Å². The quantitative estimate of drug-likeness (QED) is 0.851. The molecule has 2 amide bonds. The number of anilines is 1. The molecule has 0 aliphatic carbocycles. The third-order valence-electron chi connectivity index (χ3n) is 4.17. The van der Waals surface area contributed by atoms with Crippen LogP contribution in [0.25, 0.3) is 0 Å². The molecular formula is C17H28N4O. The van der Waals surface area contributed by atoms with Gasteiger partial charge in [-0.3, -0.25) is 4.98 Å². The summed E-state index contributed by atoms with van der Waals surface area (Å²) in [5.41, 5.74) is 2.43. The molecule has 5 heteroatoms. The molecule has 0 atom stereocenters. The number of amides is 2. The van der Waals surface area contributed by atoms with Gasteiger partial charge in [0.15, 0.2) is 0 Å². The third-order valence-corrected chi connectivity index (χ3v) is 4.17. The lowest BCUT2D eigenvalue weighted by molar-refractivity contribution is 0.201. The van der Waals surface area contributed by atoms with E-state index in [0.717, 1.165) is 45.6 Å². The highest BCUT2D eigenvalue weighted by atomic mass is 16.2. The third kappa shape index (κ3) is 4.61. The maximum Gasteiger partial charge on any atom is 0.317 e. The molecule has 2 heterocycles. The van der Waals surface area contributed by atoms with Gasteiger partial charge in [-0.25, -0.2) is 4.79 Å². The van der Waals surface area contributed by atoms with E-state index in [0.29, 0.717) is 0 Å². The van der Waals surface area contributed by atoms with Gasteiger partial charge in [-0.1, -0.05) is 19.8 Å². The van der Waals surface area contributed by atoms with Gasteiger partial charge in [-0.05, 0) is 31.4 Å². The predicted molar refractivity (Wildman–Crippen MR) is 90.3 cm³/mol. The van der Waals surface area contributed by atoms with Crippen LogP contribution >= 0.6 is 0 Å². The molecule has 1 aliphatic heterocycles. The van der Waals surface area contributed by atoms with Gasteiger partial charge in [-0.2, -0.15) is 0 Å². The van der Waals surface area contributed by atoms with Crippen LogP contribution in [-0.2, 0) is 0 Å². The molecule has 0 aromatic carbocycles. The van der Waals surface area contributed by atoms with Crippen molar-refractivity contribution in [1.82, 2.24) is 15.2 Å². The average Bonchev–Trinajstić information content (AvgIpc) is 2.78. The number of unbranched alkanes of at least 4 members (excludes halogenated alkanes) is 2. The Morgan fingerprint density at radius 2 is 2.14 bits per heavy atom. The summed E-state index contributed by atoms with van der Waals surface area (Å²) >= 11 is 0. The van der Waals surface area contributed by atoms with Crippen LogP contribution in [0.15, 0.2) is 18.5 Å². The van der Waals surface area contributed by atoms with E-state index in [4.69, 9.17) is 0 Å². The number of hydrogen-bond donors (Lipinski definition) is 1. The van der Waals surface area contributed by atoms with Gasteiger partial charge >= 0.3 is 6.03 Å². The number of urea groups is 1. The Labute approximate surface area is 133 Å². The lowest BCUT2D eigenvalue weighted by Gasteiger charge is -2.25. The van der Waals surface area contributed by atoms with Crippen molar-refractivity contribution in [2.45, 2.75) is 39.5 Å². The zero-order valence-electron chi connectivity index (χ0n) is 13.8. The summed E-state index contributed by atoms with van der Waals surface area (Å²) in [4.78, 5) is 20.7. The smallest absolute Gasteiger partial charge is 0.317 e. The van der Waals surface area contributed by atoms with Gasteiger partial charge in [0.05, 0.1) is 0 Å². The fourth-order valence-corrected chi connectivity index (χ4v) is 2.86. The minimum atomic E-state index is 0.0874. The SMILES string of the molecule is CCCCCNC(=O)N1CCCN(c2ccncc2C)CC1. The van der Waals surface area contributed by atoms with E-state index in [-0.39, 0.29) is 6.03 Å². The molecule has 122 valence electrons. The molecule has 1 aromatic rings. The molecule has 22 heavy (non-hydrogen) atoms. The van der Waals surface area contributed by atoms with Crippen LogP contribution < -0.4 is 10.2 Å². The molecule has 5 nitrogen and oxygen atoms in total. The zero-order chi connectivity index (χ0) is 15.8. The second kappa shape index (κ2) is 8.61. The van der Waals surface area contributed by atoms with E-state index in [1.807, 2.05) is 17.3 Å². The number of carbonyl (C=O) groups excluding carboxylic acids is 1. The lowest BCUT2D eigenvalue weighted by atomic mass is 10.2. The number of aryl methyl sites for hydroxylation is 1. The van der Waals surface area contributed by atoms with Crippen molar-refractivity contribution in [3.05, 3.63) is 24.0 Å². The van der Waals surface area contributed by atoms with Crippen molar-refractivity contribution in [3.63, 3.8) is 0 Å². The minimum Gasteiger partial charge on any atom is -0.369 e. The Hall–Kier alpha value is -1.78. The Bertz CT molecular complexity index is 477. The second-order valence-corrected chi connectivity index (χ2v) is 5.93. The molecule has 1 fully saturated rings. The summed E-state index contributed by atoms with van der Waals surface area (Å²) in [5.74, 6) is 0. The number of nitrogens with zero attached hydrogens (tertiary/aromatic N) is 3. The Morgan fingerprint density at radius 3 is 2.91 bits per heavy atom. The van der Waals surface area contributed by atoms with E-state index in [2.05, 4.69) is 35.1 Å². The molecule has 0 bridgehead atoms. The van der Waals surface area contributed by atoms with E-state index in [1.54, 1.807) is 0 Å². The van der Waals surface area contributed by atoms with E-state index in [9.17, 15) is 4.79 Å². The predicted octanol–water partition coefficient (Wildman–Crippen LogP) is 2.80. The molecule has 2 rings (SSSR count). The van der Waals surface area contributed by atoms with Gasteiger partial charge in [0.25, 0.3) is 0 Å². The first-order valence-corrected chi connectivity index (χ1v) is 8.40. The number of hydrogen-bond acceptors (Lipinski definition) is 3. The molecule has 0 radical (unpaired) electrons. The normalized spacial score (nSPS) is 15.5. The number of aromatic nitrogens is 1. The first-order valence-electron chi connectivity index (χ1n) is 8.40. The van der Waals surface area contributed by atoms with Crippen LogP contribution in [0.3, 0.4) is 0 Å². The highest BCUT2D eigenvalue weighted by molar-refractivity contribution is 5.74. The van der Waals surface area contributed by atoms with Crippen molar-refractivity contribution < 1.29 is 4.79 Å². The molecule has 0 spiro atoms. The first kappa shape index (κ1) is 16.6. The van der Waals surface area contributed by atoms with Crippen LogP contribution in [0.4, 0.5) is 10.5 Å². The van der Waals surface area contributed by atoms with Crippen molar-refractivity contribution in [2.24, 2.45) is 0 Å². The summed E-state index contributed by atoms with van der Waals surface area (Å²) < 4.78 is 0. The summed E-state index contributed by atoms with van der Waals surface area (Å²) in [6.07, 6.45) is 8.17. The van der Waals surface area contributed by atoms with Gasteiger partial charge in [0.1, 0.15) is 0 Å². The Kier molecular flexibility index (Phi) is 6.49. The molecule has 0 saturated carbocycles. The molecule has 1 saturated heterocycles. The summed E-state index contributed by atoms with van der Waals surface area (Å²) in [5, 5.41) is 3.04. The van der Waals surface area contributed by atoms with Crippen molar-refractivity contribution >= 4 is 11.7 Å². The van der Waals surface area contributed by atoms with Crippen LogP contribution in [0.2, 0.25) is 0 Å². The standard InChI is InChI=1S/C17H28N4O/c1-3-4-5-8-19-17(22)21-11-6-10-20(12-13-21)16-7-9-18-14-15(16)2/h7,9,14H,3-6,8,10-13H2,1-2H3,(H,19,22). The lowest BCUT2D eigenvalue weighted by Crippen LogP contribution is -2.42. The van der Waals surface area contributed by atoms with Gasteiger partial charge in [0, 0.05) is 50.8 Å². The number of carbonyl (C=O) groups is 1. The molecule has 1 aromatic heterocycles. The highest BCUT2D eigenvalue weighted by Gasteiger charge is 2.19. The molecular weight excluding hydrogens is 276 g/mol. The van der Waals surface area contributed by atoms with Gasteiger partial charge in [0.2, 0.25) is 0 Å². The highest BCUT2D eigenvalue weighted by Crippen LogP contribution is 2.19. The largest absolute Gasteiger partial charge is 0.369 e.